The number of nitrogens with zero attached hydrogens (tertiary/aromatic N) is 3. The highest BCUT2D eigenvalue weighted by Crippen LogP contribution is 2.35. The summed E-state index contributed by atoms with van der Waals surface area (Å²) in [5, 5.41) is 5.70. The number of ether oxygens (including phenoxy) is 1. The van der Waals surface area contributed by atoms with Crippen LogP contribution in [0.4, 0.5) is 0 Å². The number of halogens is 2. The van der Waals surface area contributed by atoms with Crippen molar-refractivity contribution >= 4 is 40.3 Å². The molecule has 0 saturated carbocycles. The highest BCUT2D eigenvalue weighted by molar-refractivity contribution is 6.37. The second-order valence-corrected chi connectivity index (χ2v) is 8.14. The topological polar surface area (TPSA) is 56.5 Å². The molecule has 0 fully saturated rings. The van der Waals surface area contributed by atoms with Gasteiger partial charge in [-0.15, -0.1) is 0 Å². The maximum absolute atomic E-state index is 13.2. The van der Waals surface area contributed by atoms with E-state index in [4.69, 9.17) is 27.9 Å². The fraction of sp³-hybridized carbons (Fsp3) is 0.160. The minimum absolute atomic E-state index is 0.0137. The monoisotopic (exact) mass is 465 g/mol. The Morgan fingerprint density at radius 3 is 2.41 bits per heavy atom. The maximum atomic E-state index is 13.2. The van der Waals surface area contributed by atoms with E-state index in [-0.39, 0.29) is 11.7 Å². The Labute approximate surface area is 195 Å². The first-order valence-electron chi connectivity index (χ1n) is 10.2. The first kappa shape index (κ1) is 22.1. The molecule has 7 heteroatoms. The Morgan fingerprint density at radius 2 is 1.72 bits per heavy atom. The zero-order chi connectivity index (χ0) is 22.7. The molecule has 0 aliphatic heterocycles. The maximum Gasteiger partial charge on any atom is 0.282 e. The molecule has 0 bridgehead atoms. The Balaban J connectivity index is 1.81. The highest BCUT2D eigenvalue weighted by Gasteiger charge is 2.14. The lowest BCUT2D eigenvalue weighted by Crippen LogP contribution is -2.20. The molecule has 1 aromatic heterocycles. The van der Waals surface area contributed by atoms with Crippen LogP contribution in [0, 0.1) is 0 Å². The quantitative estimate of drug-likeness (QED) is 0.308. The fourth-order valence-electron chi connectivity index (χ4n) is 3.18. The molecule has 5 nitrogen and oxygen atoms in total. The smallest absolute Gasteiger partial charge is 0.282 e. The van der Waals surface area contributed by atoms with Crippen LogP contribution in [-0.4, -0.2) is 22.0 Å². The molecule has 0 aliphatic carbocycles. The van der Waals surface area contributed by atoms with Crippen molar-refractivity contribution in [2.75, 3.05) is 0 Å². The summed E-state index contributed by atoms with van der Waals surface area (Å²) in [6.07, 6.45) is 2.35. The summed E-state index contributed by atoms with van der Waals surface area (Å²) in [5.41, 5.74) is 1.76. The van der Waals surface area contributed by atoms with Crippen molar-refractivity contribution in [3.63, 3.8) is 0 Å². The molecule has 32 heavy (non-hydrogen) atoms. The van der Waals surface area contributed by atoms with E-state index < -0.39 is 0 Å². The van der Waals surface area contributed by atoms with Gasteiger partial charge in [0.1, 0.15) is 0 Å². The molecule has 0 saturated heterocycles. The molecule has 4 rings (SSSR count). The van der Waals surface area contributed by atoms with Gasteiger partial charge in [-0.1, -0.05) is 72.6 Å². The van der Waals surface area contributed by atoms with Crippen molar-refractivity contribution in [2.24, 2.45) is 5.10 Å². The summed E-state index contributed by atoms with van der Waals surface area (Å²) < 4.78 is 7.11. The van der Waals surface area contributed by atoms with Crippen LogP contribution in [0.25, 0.3) is 22.3 Å². The Morgan fingerprint density at radius 1 is 1.06 bits per heavy atom. The Bertz CT molecular complexity index is 1330. The number of hydrogen-bond acceptors (Lipinski definition) is 4. The van der Waals surface area contributed by atoms with Crippen LogP contribution in [0.2, 0.25) is 10.0 Å². The van der Waals surface area contributed by atoms with Crippen LogP contribution < -0.4 is 10.3 Å². The van der Waals surface area contributed by atoms with Gasteiger partial charge in [-0.05, 0) is 43.2 Å². The van der Waals surface area contributed by atoms with E-state index in [1.165, 1.54) is 10.9 Å². The van der Waals surface area contributed by atoms with Crippen LogP contribution in [0.1, 0.15) is 25.8 Å². The number of fused-ring (bicyclic) bond motifs is 1. The average Bonchev–Trinajstić information content (AvgIpc) is 2.81. The van der Waals surface area contributed by atoms with Crippen LogP contribution in [0.15, 0.2) is 76.6 Å². The molecular formula is C25H21Cl2N3O2. The van der Waals surface area contributed by atoms with E-state index >= 15 is 0 Å². The molecule has 0 amide bonds. The van der Waals surface area contributed by atoms with Crippen molar-refractivity contribution < 1.29 is 4.74 Å². The first-order valence-corrected chi connectivity index (χ1v) is 11.0. The van der Waals surface area contributed by atoms with Crippen molar-refractivity contribution in [1.29, 1.82) is 0 Å². The summed E-state index contributed by atoms with van der Waals surface area (Å²) >= 11 is 12.8. The van der Waals surface area contributed by atoms with Gasteiger partial charge < -0.3 is 4.74 Å². The van der Waals surface area contributed by atoms with E-state index in [9.17, 15) is 4.79 Å². The third-order valence-electron chi connectivity index (χ3n) is 5.02. The van der Waals surface area contributed by atoms with Gasteiger partial charge in [0.25, 0.3) is 5.56 Å². The second kappa shape index (κ2) is 9.55. The Kier molecular flexibility index (Phi) is 6.58. The fourth-order valence-corrected chi connectivity index (χ4v) is 3.77. The molecule has 162 valence electrons. The van der Waals surface area contributed by atoms with E-state index in [0.717, 1.165) is 12.0 Å². The van der Waals surface area contributed by atoms with Crippen molar-refractivity contribution in [3.05, 3.63) is 92.7 Å². The van der Waals surface area contributed by atoms with Gasteiger partial charge in [-0.2, -0.15) is 9.78 Å². The zero-order valence-electron chi connectivity index (χ0n) is 17.6. The van der Waals surface area contributed by atoms with Crippen LogP contribution in [0.5, 0.6) is 5.75 Å². The summed E-state index contributed by atoms with van der Waals surface area (Å²) in [6, 6.07) is 20.1. The minimum Gasteiger partial charge on any atom is -0.488 e. The van der Waals surface area contributed by atoms with Crippen molar-refractivity contribution in [2.45, 2.75) is 26.4 Å². The molecule has 0 unspecified atom stereocenters. The molecule has 0 aliphatic rings. The van der Waals surface area contributed by atoms with Gasteiger partial charge in [-0.25, -0.2) is 4.98 Å². The van der Waals surface area contributed by atoms with Gasteiger partial charge >= 0.3 is 0 Å². The predicted octanol–water partition coefficient (Wildman–Crippen LogP) is 6.43. The molecule has 0 radical (unpaired) electrons. The molecule has 4 aromatic rings. The van der Waals surface area contributed by atoms with Crippen molar-refractivity contribution in [1.82, 2.24) is 9.66 Å². The summed E-state index contributed by atoms with van der Waals surface area (Å²) in [6.45, 7) is 3.97. The van der Waals surface area contributed by atoms with E-state index in [2.05, 4.69) is 10.1 Å². The average molecular weight is 466 g/mol. The van der Waals surface area contributed by atoms with E-state index in [1.807, 2.05) is 56.3 Å². The van der Waals surface area contributed by atoms with Crippen molar-refractivity contribution in [3.8, 4) is 17.1 Å². The molecule has 1 atom stereocenters. The normalized spacial score (nSPS) is 12.4. The highest BCUT2D eigenvalue weighted by atomic mass is 35.5. The third-order valence-corrected chi connectivity index (χ3v) is 5.58. The largest absolute Gasteiger partial charge is 0.488 e. The molecule has 0 spiro atoms. The van der Waals surface area contributed by atoms with Crippen LogP contribution in [0.3, 0.4) is 0 Å². The summed E-state index contributed by atoms with van der Waals surface area (Å²) in [5.74, 6) is 0.883. The van der Waals surface area contributed by atoms with Gasteiger partial charge in [-0.3, -0.25) is 4.79 Å². The number of rotatable bonds is 6. The van der Waals surface area contributed by atoms with E-state index in [1.54, 1.807) is 24.3 Å². The second-order valence-electron chi connectivity index (χ2n) is 7.33. The predicted molar refractivity (Wildman–Crippen MR) is 131 cm³/mol. The molecular weight excluding hydrogens is 445 g/mol. The summed E-state index contributed by atoms with van der Waals surface area (Å²) in [7, 11) is 0. The number of aromatic nitrogens is 2. The number of benzene rings is 3. The van der Waals surface area contributed by atoms with E-state index in [0.29, 0.717) is 38.1 Å². The van der Waals surface area contributed by atoms with Gasteiger partial charge in [0.05, 0.1) is 33.3 Å². The molecule has 0 N–H and O–H groups in total. The van der Waals surface area contributed by atoms with Crippen LogP contribution >= 0.6 is 23.2 Å². The lowest BCUT2D eigenvalue weighted by atomic mass is 10.2. The number of hydrogen-bond donors (Lipinski definition) is 0. The van der Waals surface area contributed by atoms with Gasteiger partial charge in [0.2, 0.25) is 0 Å². The van der Waals surface area contributed by atoms with Gasteiger partial charge in [0.15, 0.2) is 11.6 Å². The van der Waals surface area contributed by atoms with Gasteiger partial charge in [0, 0.05) is 5.56 Å². The lowest BCUT2D eigenvalue weighted by molar-refractivity contribution is 0.218. The Hall–Kier alpha value is -3.15. The number of para-hydroxylation sites is 1. The zero-order valence-corrected chi connectivity index (χ0v) is 19.1. The lowest BCUT2D eigenvalue weighted by Gasteiger charge is -2.15. The summed E-state index contributed by atoms with van der Waals surface area (Å²) in [4.78, 5) is 17.9. The first-order chi connectivity index (χ1) is 15.5. The third kappa shape index (κ3) is 4.54. The molecule has 3 aromatic carbocycles. The standard InChI is InChI=1S/C25H21Cl2N3O2/c1-3-16(2)32-23-20(26)13-17(14-21(23)27)15-28-30-24(18-9-5-4-6-10-18)29-22-12-8-7-11-19(22)25(30)31/h4-16H,3H2,1-2H3/t16-/m1/s1. The molecule has 1 heterocycles. The SMILES string of the molecule is CC[C@@H](C)Oc1c(Cl)cc(C=Nn2c(-c3ccccc3)nc3ccccc3c2=O)cc1Cl. The minimum atomic E-state index is -0.264. The van der Waals surface area contributed by atoms with Crippen LogP contribution in [-0.2, 0) is 0 Å².